The number of carbonyl (C=O) groups is 2. The molecule has 0 aliphatic rings. The smallest absolute Gasteiger partial charge is 0.275 e. The molecule has 2 aromatic carbocycles. The van der Waals surface area contributed by atoms with E-state index in [-0.39, 0.29) is 12.3 Å². The van der Waals surface area contributed by atoms with Crippen molar-refractivity contribution in [3.63, 3.8) is 0 Å². The fourth-order valence-electron chi connectivity index (χ4n) is 2.07. The minimum atomic E-state index is -0.400. The Morgan fingerprint density at radius 2 is 1.80 bits per heavy atom. The summed E-state index contributed by atoms with van der Waals surface area (Å²) in [6.07, 6.45) is 0.0630. The topological polar surface area (TPSA) is 79.8 Å². The Hall–Kier alpha value is -2.67. The molecular weight excluding hydrogens is 386 g/mol. The van der Waals surface area contributed by atoms with Gasteiger partial charge in [0.2, 0.25) is 5.91 Å². The quantitative estimate of drug-likeness (QED) is 0.571. The van der Waals surface area contributed by atoms with E-state index in [1.165, 1.54) is 7.11 Å². The van der Waals surface area contributed by atoms with Crippen molar-refractivity contribution in [2.45, 2.75) is 13.3 Å². The summed E-state index contributed by atoms with van der Waals surface area (Å²) >= 11 is 3.37. The van der Waals surface area contributed by atoms with Crippen LogP contribution in [0.15, 0.2) is 58.1 Å². The molecular formula is C18H18BrN3O3. The molecule has 0 unspecified atom stereocenters. The standard InChI is InChI=1S/C18H18BrN3O3/c1-12(11-17(23)20-15-9-5-4-8-14(15)19)21-22-18(24)13-7-3-6-10-16(13)25-2/h3-10H,11H2,1-2H3,(H,20,23)(H,22,24). The summed E-state index contributed by atoms with van der Waals surface area (Å²) in [5.41, 5.74) is 3.97. The van der Waals surface area contributed by atoms with Gasteiger partial charge in [-0.25, -0.2) is 5.43 Å². The molecule has 0 spiro atoms. The number of hydrogen-bond acceptors (Lipinski definition) is 4. The second kappa shape index (κ2) is 8.98. The summed E-state index contributed by atoms with van der Waals surface area (Å²) < 4.78 is 5.93. The second-order valence-corrected chi connectivity index (χ2v) is 6.05. The van der Waals surface area contributed by atoms with Crippen molar-refractivity contribution in [1.29, 1.82) is 0 Å². The van der Waals surface area contributed by atoms with Crippen LogP contribution in [0.3, 0.4) is 0 Å². The zero-order chi connectivity index (χ0) is 18.2. The Balaban J connectivity index is 1.94. The van der Waals surface area contributed by atoms with Crippen LogP contribution in [0.4, 0.5) is 5.69 Å². The number of ether oxygens (including phenoxy) is 1. The maximum atomic E-state index is 12.1. The molecule has 0 atom stereocenters. The number of nitrogens with zero attached hydrogens (tertiary/aromatic N) is 1. The minimum Gasteiger partial charge on any atom is -0.496 e. The van der Waals surface area contributed by atoms with Gasteiger partial charge in [-0.1, -0.05) is 24.3 Å². The Labute approximate surface area is 154 Å². The molecule has 7 heteroatoms. The first-order valence-electron chi connectivity index (χ1n) is 7.52. The molecule has 0 radical (unpaired) electrons. The summed E-state index contributed by atoms with van der Waals surface area (Å²) in [6.45, 7) is 1.67. The number of hydrogen-bond donors (Lipinski definition) is 2. The molecule has 0 saturated carbocycles. The molecule has 2 amide bonds. The van der Waals surface area contributed by atoms with Gasteiger partial charge in [-0.15, -0.1) is 0 Å². The Morgan fingerprint density at radius 1 is 1.12 bits per heavy atom. The molecule has 0 aliphatic carbocycles. The third-order valence-corrected chi connectivity index (χ3v) is 3.96. The highest BCUT2D eigenvalue weighted by Gasteiger charge is 2.11. The number of para-hydroxylation sites is 2. The Kier molecular flexibility index (Phi) is 6.71. The molecule has 0 aliphatic heterocycles. The van der Waals surface area contributed by atoms with Gasteiger partial charge < -0.3 is 10.1 Å². The van der Waals surface area contributed by atoms with E-state index in [9.17, 15) is 9.59 Å². The van der Waals surface area contributed by atoms with Gasteiger partial charge in [0.1, 0.15) is 5.75 Å². The van der Waals surface area contributed by atoms with Crippen LogP contribution in [0.2, 0.25) is 0 Å². The summed E-state index contributed by atoms with van der Waals surface area (Å²) in [5.74, 6) is -0.165. The highest BCUT2D eigenvalue weighted by Crippen LogP contribution is 2.21. The zero-order valence-electron chi connectivity index (χ0n) is 13.9. The first kappa shape index (κ1) is 18.7. The number of carbonyl (C=O) groups excluding carboxylic acids is 2. The van der Waals surface area contributed by atoms with Gasteiger partial charge in [0.15, 0.2) is 0 Å². The lowest BCUT2D eigenvalue weighted by Crippen LogP contribution is -2.22. The van der Waals surface area contributed by atoms with E-state index in [4.69, 9.17) is 4.74 Å². The van der Waals surface area contributed by atoms with Crippen molar-refractivity contribution in [3.05, 3.63) is 58.6 Å². The van der Waals surface area contributed by atoms with Crippen molar-refractivity contribution >= 4 is 39.1 Å². The van der Waals surface area contributed by atoms with Crippen LogP contribution < -0.4 is 15.5 Å². The van der Waals surface area contributed by atoms with Gasteiger partial charge in [0, 0.05) is 10.2 Å². The summed E-state index contributed by atoms with van der Waals surface area (Å²) in [5, 5.41) is 6.75. The zero-order valence-corrected chi connectivity index (χ0v) is 15.5. The first-order valence-corrected chi connectivity index (χ1v) is 8.31. The molecule has 2 aromatic rings. The predicted octanol–water partition coefficient (Wildman–Crippen LogP) is 3.59. The van der Waals surface area contributed by atoms with Crippen molar-refractivity contribution in [3.8, 4) is 5.75 Å². The maximum Gasteiger partial charge on any atom is 0.275 e. The number of methoxy groups -OCH3 is 1. The molecule has 130 valence electrons. The van der Waals surface area contributed by atoms with Crippen LogP contribution in [0.1, 0.15) is 23.7 Å². The number of amides is 2. The van der Waals surface area contributed by atoms with Crippen LogP contribution in [0.25, 0.3) is 0 Å². The maximum absolute atomic E-state index is 12.1. The van der Waals surface area contributed by atoms with Gasteiger partial charge in [-0.2, -0.15) is 5.10 Å². The molecule has 0 saturated heterocycles. The summed E-state index contributed by atoms with van der Waals surface area (Å²) in [6, 6.07) is 14.2. The predicted molar refractivity (Wildman–Crippen MR) is 101 cm³/mol. The number of halogens is 1. The van der Waals surface area contributed by atoms with Crippen LogP contribution in [0, 0.1) is 0 Å². The lowest BCUT2D eigenvalue weighted by Gasteiger charge is -2.08. The van der Waals surface area contributed by atoms with Crippen molar-refractivity contribution in [1.82, 2.24) is 5.43 Å². The van der Waals surface area contributed by atoms with Gasteiger partial charge in [0.05, 0.1) is 24.8 Å². The van der Waals surface area contributed by atoms with Gasteiger partial charge in [-0.3, -0.25) is 9.59 Å². The van der Waals surface area contributed by atoms with Crippen LogP contribution in [-0.2, 0) is 4.79 Å². The molecule has 25 heavy (non-hydrogen) atoms. The largest absolute Gasteiger partial charge is 0.496 e. The molecule has 0 aromatic heterocycles. The summed E-state index contributed by atoms with van der Waals surface area (Å²) in [7, 11) is 1.49. The normalized spacial score (nSPS) is 10.9. The molecule has 0 bridgehead atoms. The van der Waals surface area contributed by atoms with E-state index in [0.29, 0.717) is 22.7 Å². The van der Waals surface area contributed by atoms with Crippen LogP contribution in [-0.4, -0.2) is 24.6 Å². The molecule has 2 rings (SSSR count). The fourth-order valence-corrected chi connectivity index (χ4v) is 2.45. The van der Waals surface area contributed by atoms with Gasteiger partial charge in [0.25, 0.3) is 5.91 Å². The van der Waals surface area contributed by atoms with Crippen LogP contribution in [0.5, 0.6) is 5.75 Å². The van der Waals surface area contributed by atoms with Crippen LogP contribution >= 0.6 is 15.9 Å². The van der Waals surface area contributed by atoms with Crippen molar-refractivity contribution in [2.75, 3.05) is 12.4 Å². The van der Waals surface area contributed by atoms with Crippen molar-refractivity contribution < 1.29 is 14.3 Å². The average Bonchev–Trinajstić information content (AvgIpc) is 2.61. The monoisotopic (exact) mass is 403 g/mol. The average molecular weight is 404 g/mol. The van der Waals surface area contributed by atoms with Gasteiger partial charge in [-0.05, 0) is 47.1 Å². The fraction of sp³-hybridized carbons (Fsp3) is 0.167. The number of hydrazone groups is 1. The van der Waals surface area contributed by atoms with E-state index in [1.807, 2.05) is 18.2 Å². The van der Waals surface area contributed by atoms with Gasteiger partial charge >= 0.3 is 0 Å². The highest BCUT2D eigenvalue weighted by molar-refractivity contribution is 9.10. The first-order chi connectivity index (χ1) is 12.0. The number of rotatable bonds is 6. The highest BCUT2D eigenvalue weighted by atomic mass is 79.9. The third kappa shape index (κ3) is 5.42. The summed E-state index contributed by atoms with van der Waals surface area (Å²) in [4.78, 5) is 24.2. The molecule has 0 heterocycles. The lowest BCUT2D eigenvalue weighted by atomic mass is 10.2. The van der Waals surface area contributed by atoms with E-state index in [1.54, 1.807) is 37.3 Å². The van der Waals surface area contributed by atoms with E-state index in [0.717, 1.165) is 4.47 Å². The number of benzene rings is 2. The molecule has 6 nitrogen and oxygen atoms in total. The van der Waals surface area contributed by atoms with E-state index < -0.39 is 5.91 Å². The number of anilines is 1. The minimum absolute atomic E-state index is 0.0630. The SMILES string of the molecule is COc1ccccc1C(=O)NN=C(C)CC(=O)Nc1ccccc1Br. The Bertz CT molecular complexity index is 806. The van der Waals surface area contributed by atoms with Crippen molar-refractivity contribution in [2.24, 2.45) is 5.10 Å². The third-order valence-electron chi connectivity index (χ3n) is 3.26. The number of nitrogens with one attached hydrogen (secondary N) is 2. The second-order valence-electron chi connectivity index (χ2n) is 5.19. The molecule has 0 fully saturated rings. The Morgan fingerprint density at radius 3 is 2.52 bits per heavy atom. The lowest BCUT2D eigenvalue weighted by molar-refractivity contribution is -0.115. The van der Waals surface area contributed by atoms with E-state index >= 15 is 0 Å². The molecule has 2 N–H and O–H groups in total. The van der Waals surface area contributed by atoms with E-state index in [2.05, 4.69) is 31.8 Å².